The minimum Gasteiger partial charge on any atom is -0.394 e. The van der Waals surface area contributed by atoms with Crippen LogP contribution in [0.5, 0.6) is 0 Å². The largest absolute Gasteiger partial charge is 0.394 e. The predicted molar refractivity (Wildman–Crippen MR) is 44.7 cm³/mol. The van der Waals surface area contributed by atoms with Crippen molar-refractivity contribution in [3.05, 3.63) is 0 Å². The SMILES string of the molecule is CSC(C)[C@H]1OCC(CO)O1. The summed E-state index contributed by atoms with van der Waals surface area (Å²) in [7, 11) is 0. The maximum Gasteiger partial charge on any atom is 0.169 e. The van der Waals surface area contributed by atoms with Crippen molar-refractivity contribution in [1.82, 2.24) is 0 Å². The van der Waals surface area contributed by atoms with Gasteiger partial charge in [-0.25, -0.2) is 0 Å². The van der Waals surface area contributed by atoms with Gasteiger partial charge in [-0.05, 0) is 13.2 Å². The zero-order valence-electron chi connectivity index (χ0n) is 6.82. The van der Waals surface area contributed by atoms with E-state index in [1.54, 1.807) is 11.8 Å². The number of rotatable bonds is 3. The molecule has 0 aromatic heterocycles. The zero-order chi connectivity index (χ0) is 8.27. The molecule has 3 atom stereocenters. The molecular weight excluding hydrogens is 164 g/mol. The van der Waals surface area contributed by atoms with Gasteiger partial charge >= 0.3 is 0 Å². The molecule has 66 valence electrons. The van der Waals surface area contributed by atoms with E-state index in [1.807, 2.05) is 6.26 Å². The van der Waals surface area contributed by atoms with Crippen molar-refractivity contribution in [2.24, 2.45) is 0 Å². The van der Waals surface area contributed by atoms with E-state index in [1.165, 1.54) is 0 Å². The van der Waals surface area contributed by atoms with Crippen molar-refractivity contribution < 1.29 is 14.6 Å². The van der Waals surface area contributed by atoms with E-state index in [4.69, 9.17) is 14.6 Å². The van der Waals surface area contributed by atoms with Crippen molar-refractivity contribution in [2.75, 3.05) is 19.5 Å². The van der Waals surface area contributed by atoms with Crippen molar-refractivity contribution >= 4 is 11.8 Å². The van der Waals surface area contributed by atoms with Gasteiger partial charge in [-0.15, -0.1) is 0 Å². The summed E-state index contributed by atoms with van der Waals surface area (Å²) in [5.41, 5.74) is 0. The average molecular weight is 178 g/mol. The second-order valence-electron chi connectivity index (χ2n) is 2.58. The molecule has 0 aromatic rings. The maximum absolute atomic E-state index is 8.73. The zero-order valence-corrected chi connectivity index (χ0v) is 7.63. The van der Waals surface area contributed by atoms with Crippen molar-refractivity contribution in [1.29, 1.82) is 0 Å². The molecule has 3 nitrogen and oxygen atoms in total. The molecule has 4 heteroatoms. The van der Waals surface area contributed by atoms with Crippen LogP contribution in [0.4, 0.5) is 0 Å². The highest BCUT2D eigenvalue weighted by molar-refractivity contribution is 7.99. The van der Waals surface area contributed by atoms with Gasteiger partial charge in [0, 0.05) is 0 Å². The van der Waals surface area contributed by atoms with Crippen LogP contribution in [-0.2, 0) is 9.47 Å². The Morgan fingerprint density at radius 1 is 1.73 bits per heavy atom. The highest BCUT2D eigenvalue weighted by Crippen LogP contribution is 2.21. The standard InChI is InChI=1S/C7H14O3S/c1-5(11-2)7-9-4-6(3-8)10-7/h5-8H,3-4H2,1-2H3/t5?,6?,7-/m0/s1. The van der Waals surface area contributed by atoms with Gasteiger partial charge in [0.05, 0.1) is 18.5 Å². The van der Waals surface area contributed by atoms with Crippen molar-refractivity contribution in [2.45, 2.75) is 24.6 Å². The van der Waals surface area contributed by atoms with E-state index in [-0.39, 0.29) is 19.0 Å². The number of ether oxygens (including phenoxy) is 2. The van der Waals surface area contributed by atoms with Crippen LogP contribution in [0.15, 0.2) is 0 Å². The molecule has 0 radical (unpaired) electrons. The quantitative estimate of drug-likeness (QED) is 0.682. The van der Waals surface area contributed by atoms with Crippen LogP contribution in [-0.4, -0.2) is 42.2 Å². The Morgan fingerprint density at radius 3 is 2.91 bits per heavy atom. The van der Waals surface area contributed by atoms with E-state index in [0.717, 1.165) is 0 Å². The van der Waals surface area contributed by atoms with E-state index in [2.05, 4.69) is 6.92 Å². The van der Waals surface area contributed by atoms with Crippen LogP contribution in [0.3, 0.4) is 0 Å². The van der Waals surface area contributed by atoms with Crippen LogP contribution >= 0.6 is 11.8 Å². The fourth-order valence-corrected chi connectivity index (χ4v) is 1.29. The molecule has 0 aromatic carbocycles. The third kappa shape index (κ3) is 2.33. The predicted octanol–water partition coefficient (Wildman–Crippen LogP) is 0.472. The van der Waals surface area contributed by atoms with Crippen LogP contribution in [0.1, 0.15) is 6.92 Å². The average Bonchev–Trinajstić information content (AvgIpc) is 2.50. The van der Waals surface area contributed by atoms with Gasteiger partial charge < -0.3 is 14.6 Å². The smallest absolute Gasteiger partial charge is 0.169 e. The fourth-order valence-electron chi connectivity index (χ4n) is 0.923. The Balaban J connectivity index is 2.29. The van der Waals surface area contributed by atoms with Gasteiger partial charge in [0.1, 0.15) is 6.10 Å². The molecule has 2 unspecified atom stereocenters. The van der Waals surface area contributed by atoms with Crippen LogP contribution in [0.25, 0.3) is 0 Å². The fraction of sp³-hybridized carbons (Fsp3) is 1.00. The lowest BCUT2D eigenvalue weighted by atomic mass is 10.4. The summed E-state index contributed by atoms with van der Waals surface area (Å²) < 4.78 is 10.7. The van der Waals surface area contributed by atoms with Crippen molar-refractivity contribution in [3.63, 3.8) is 0 Å². The second kappa shape index (κ2) is 4.30. The summed E-state index contributed by atoms with van der Waals surface area (Å²) in [6, 6.07) is 0. The third-order valence-corrected chi connectivity index (χ3v) is 2.70. The van der Waals surface area contributed by atoms with Crippen molar-refractivity contribution in [3.8, 4) is 0 Å². The van der Waals surface area contributed by atoms with E-state index < -0.39 is 0 Å². The topological polar surface area (TPSA) is 38.7 Å². The molecular formula is C7H14O3S. The lowest BCUT2D eigenvalue weighted by molar-refractivity contribution is -0.0618. The first-order chi connectivity index (χ1) is 5.27. The van der Waals surface area contributed by atoms with E-state index in [0.29, 0.717) is 11.9 Å². The van der Waals surface area contributed by atoms with E-state index >= 15 is 0 Å². The summed E-state index contributed by atoms with van der Waals surface area (Å²) >= 11 is 1.70. The Bertz CT molecular complexity index is 120. The highest BCUT2D eigenvalue weighted by atomic mass is 32.2. The molecule has 0 amide bonds. The summed E-state index contributed by atoms with van der Waals surface area (Å²) in [6.07, 6.45) is 1.76. The Labute approximate surface area is 71.1 Å². The third-order valence-electron chi connectivity index (χ3n) is 1.73. The maximum atomic E-state index is 8.73. The Kier molecular flexibility index (Phi) is 3.65. The van der Waals surface area contributed by atoms with Gasteiger partial charge in [-0.1, -0.05) is 0 Å². The summed E-state index contributed by atoms with van der Waals surface area (Å²) in [5.74, 6) is 0. The summed E-state index contributed by atoms with van der Waals surface area (Å²) in [6.45, 7) is 2.62. The summed E-state index contributed by atoms with van der Waals surface area (Å²) in [5, 5.41) is 9.07. The van der Waals surface area contributed by atoms with Crippen LogP contribution < -0.4 is 0 Å². The molecule has 1 fully saturated rings. The highest BCUT2D eigenvalue weighted by Gasteiger charge is 2.29. The van der Waals surface area contributed by atoms with E-state index in [9.17, 15) is 0 Å². The van der Waals surface area contributed by atoms with Gasteiger partial charge in [0.15, 0.2) is 6.29 Å². The molecule has 1 saturated heterocycles. The molecule has 1 aliphatic heterocycles. The molecule has 0 spiro atoms. The lowest BCUT2D eigenvalue weighted by Crippen LogP contribution is -2.23. The normalized spacial score (nSPS) is 34.1. The first-order valence-electron chi connectivity index (χ1n) is 3.68. The number of thioether (sulfide) groups is 1. The minimum atomic E-state index is -0.137. The molecule has 1 heterocycles. The number of aliphatic hydroxyl groups is 1. The lowest BCUT2D eigenvalue weighted by Gasteiger charge is -2.15. The molecule has 11 heavy (non-hydrogen) atoms. The van der Waals surface area contributed by atoms with Crippen LogP contribution in [0.2, 0.25) is 0 Å². The second-order valence-corrected chi connectivity index (χ2v) is 3.80. The van der Waals surface area contributed by atoms with Gasteiger partial charge in [0.25, 0.3) is 0 Å². The summed E-state index contributed by atoms with van der Waals surface area (Å²) in [4.78, 5) is 0. The molecule has 0 aliphatic carbocycles. The van der Waals surface area contributed by atoms with Gasteiger partial charge in [-0.2, -0.15) is 11.8 Å². The molecule has 0 saturated carbocycles. The molecule has 1 aliphatic rings. The number of hydrogen-bond acceptors (Lipinski definition) is 4. The Morgan fingerprint density at radius 2 is 2.45 bits per heavy atom. The monoisotopic (exact) mass is 178 g/mol. The first-order valence-corrected chi connectivity index (χ1v) is 4.97. The molecule has 1 N–H and O–H groups in total. The molecule has 0 bridgehead atoms. The van der Waals surface area contributed by atoms with Gasteiger partial charge in [-0.3, -0.25) is 0 Å². The number of hydrogen-bond donors (Lipinski definition) is 1. The number of aliphatic hydroxyl groups excluding tert-OH is 1. The minimum absolute atomic E-state index is 0.0532. The Hall–Kier alpha value is 0.230. The molecule has 1 rings (SSSR count). The first kappa shape index (κ1) is 9.32. The van der Waals surface area contributed by atoms with Gasteiger partial charge in [0.2, 0.25) is 0 Å². The van der Waals surface area contributed by atoms with Crippen LogP contribution in [0, 0.1) is 0 Å².